The van der Waals surface area contributed by atoms with E-state index in [9.17, 15) is 9.59 Å². The van der Waals surface area contributed by atoms with Crippen LogP contribution >= 0.6 is 0 Å². The van der Waals surface area contributed by atoms with Crippen LogP contribution in [0, 0.1) is 5.41 Å². The number of methoxy groups -OCH3 is 1. The van der Waals surface area contributed by atoms with Crippen LogP contribution in [-0.2, 0) is 4.79 Å². The lowest BCUT2D eigenvalue weighted by Gasteiger charge is -2.44. The third kappa shape index (κ3) is 3.03. The fourth-order valence-corrected chi connectivity index (χ4v) is 4.10. The van der Waals surface area contributed by atoms with Gasteiger partial charge in [-0.25, -0.2) is 4.98 Å². The molecule has 4 rings (SSSR count). The minimum absolute atomic E-state index is 0.0843. The number of amides is 2. The van der Waals surface area contributed by atoms with Crippen LogP contribution in [0.15, 0.2) is 29.1 Å². The van der Waals surface area contributed by atoms with Gasteiger partial charge < -0.3 is 24.3 Å². The molecule has 1 spiro atoms. The molecule has 1 unspecified atom stereocenters. The highest BCUT2D eigenvalue weighted by Gasteiger charge is 2.49. The molecule has 2 aliphatic heterocycles. The van der Waals surface area contributed by atoms with E-state index >= 15 is 0 Å². The number of carbonyl (C=O) groups excluding carboxylic acids is 2. The molecular weight excluding hydrogens is 372 g/mol. The highest BCUT2D eigenvalue weighted by molar-refractivity contribution is 6.04. The maximum absolute atomic E-state index is 13.3. The lowest BCUT2D eigenvalue weighted by molar-refractivity contribution is -0.138. The largest absolute Gasteiger partial charge is 0.496 e. The summed E-state index contributed by atoms with van der Waals surface area (Å²) in [4.78, 5) is 33.5. The maximum Gasteiger partial charge on any atom is 0.257 e. The van der Waals surface area contributed by atoms with E-state index in [-0.39, 0.29) is 11.8 Å². The van der Waals surface area contributed by atoms with Gasteiger partial charge in [0.05, 0.1) is 36.7 Å². The van der Waals surface area contributed by atoms with E-state index in [4.69, 9.17) is 9.15 Å². The van der Waals surface area contributed by atoms with Crippen molar-refractivity contribution < 1.29 is 18.7 Å². The minimum atomic E-state index is -0.635. The Balaban J connectivity index is 1.71. The quantitative estimate of drug-likeness (QED) is 0.837. The third-order valence-electron chi connectivity index (χ3n) is 5.76. The van der Waals surface area contributed by atoms with E-state index in [1.807, 2.05) is 31.7 Å². The van der Waals surface area contributed by atoms with E-state index in [1.54, 1.807) is 31.3 Å². The van der Waals surface area contributed by atoms with Gasteiger partial charge in [-0.2, -0.15) is 0 Å². The first-order valence-corrected chi connectivity index (χ1v) is 9.63. The number of hydrogen-bond acceptors (Lipinski definition) is 6. The smallest absolute Gasteiger partial charge is 0.257 e. The van der Waals surface area contributed by atoms with Crippen LogP contribution < -0.4 is 10.1 Å². The fourth-order valence-electron chi connectivity index (χ4n) is 4.10. The summed E-state index contributed by atoms with van der Waals surface area (Å²) in [5, 5.41) is 3.52. The number of benzene rings is 1. The lowest BCUT2D eigenvalue weighted by atomic mass is 9.94. The molecule has 1 N–H and O–H groups in total. The van der Waals surface area contributed by atoms with Gasteiger partial charge >= 0.3 is 0 Å². The molecule has 0 bridgehead atoms. The highest BCUT2D eigenvalue weighted by atomic mass is 16.5. The summed E-state index contributed by atoms with van der Waals surface area (Å²) in [5.74, 6) is 1.10. The van der Waals surface area contributed by atoms with Gasteiger partial charge in [0.25, 0.3) is 5.91 Å². The number of nitrogens with one attached hydrogen (secondary N) is 1. The first-order chi connectivity index (χ1) is 13.7. The van der Waals surface area contributed by atoms with Gasteiger partial charge in [0.1, 0.15) is 11.4 Å². The van der Waals surface area contributed by atoms with Crippen LogP contribution in [0.25, 0.3) is 11.3 Å². The first kappa shape index (κ1) is 19.3. The molecule has 1 aromatic carbocycles. The Morgan fingerprint density at radius 2 is 2.07 bits per heavy atom. The monoisotopic (exact) mass is 398 g/mol. The molecule has 2 aliphatic rings. The number of ether oxygens (including phenoxy) is 1. The Morgan fingerprint density at radius 3 is 2.69 bits per heavy atom. The Kier molecular flexibility index (Phi) is 4.33. The lowest BCUT2D eigenvalue weighted by Crippen LogP contribution is -2.60. The Labute approximate surface area is 169 Å². The molecule has 0 aliphatic carbocycles. The zero-order valence-corrected chi connectivity index (χ0v) is 17.4. The number of likely N-dealkylation sites (N-methyl/N-ethyl adjacent to an activating group) is 1. The van der Waals surface area contributed by atoms with E-state index in [2.05, 4.69) is 10.3 Å². The van der Waals surface area contributed by atoms with E-state index in [0.29, 0.717) is 47.8 Å². The van der Waals surface area contributed by atoms with Crippen molar-refractivity contribution in [2.75, 3.05) is 32.6 Å². The van der Waals surface area contributed by atoms with Gasteiger partial charge in [-0.15, -0.1) is 0 Å². The van der Waals surface area contributed by atoms with Crippen LogP contribution in [0.5, 0.6) is 5.75 Å². The molecule has 0 radical (unpaired) electrons. The zero-order valence-electron chi connectivity index (χ0n) is 17.4. The van der Waals surface area contributed by atoms with Gasteiger partial charge in [-0.1, -0.05) is 20.8 Å². The second-order valence-electron chi connectivity index (χ2n) is 8.71. The van der Waals surface area contributed by atoms with Crippen LogP contribution in [0.3, 0.4) is 0 Å². The summed E-state index contributed by atoms with van der Waals surface area (Å²) in [5.41, 5.74) is 0.794. The van der Waals surface area contributed by atoms with Crippen molar-refractivity contribution in [1.82, 2.24) is 14.8 Å². The summed E-state index contributed by atoms with van der Waals surface area (Å²) < 4.78 is 10.9. The molecular formula is C21H26N4O4. The molecule has 0 saturated carbocycles. The SMILES string of the molecule is COc1cc2c(cc1-c1cnco1)C(=O)N(C)C1(CCN(C(=O)C(C)(C)C)C1)N2. The number of hydrogen-bond donors (Lipinski definition) is 1. The van der Waals surface area contributed by atoms with Gasteiger partial charge in [-0.3, -0.25) is 9.59 Å². The third-order valence-corrected chi connectivity index (χ3v) is 5.76. The Morgan fingerprint density at radius 1 is 1.31 bits per heavy atom. The second kappa shape index (κ2) is 6.50. The summed E-state index contributed by atoms with van der Waals surface area (Å²) >= 11 is 0. The zero-order chi connectivity index (χ0) is 21.0. The van der Waals surface area contributed by atoms with Gasteiger partial charge in [0, 0.05) is 31.5 Å². The minimum Gasteiger partial charge on any atom is -0.496 e. The molecule has 2 aromatic rings. The van der Waals surface area contributed by atoms with Crippen molar-refractivity contribution in [3.05, 3.63) is 30.3 Å². The molecule has 1 saturated heterocycles. The predicted molar refractivity (Wildman–Crippen MR) is 108 cm³/mol. The molecule has 8 heteroatoms. The van der Waals surface area contributed by atoms with Crippen molar-refractivity contribution >= 4 is 17.5 Å². The topological polar surface area (TPSA) is 87.9 Å². The predicted octanol–water partition coefficient (Wildman–Crippen LogP) is 2.82. The van der Waals surface area contributed by atoms with E-state index in [0.717, 1.165) is 0 Å². The number of rotatable bonds is 2. The van der Waals surface area contributed by atoms with Crippen LogP contribution in [-0.4, -0.2) is 59.5 Å². The van der Waals surface area contributed by atoms with Crippen LogP contribution in [0.1, 0.15) is 37.6 Å². The Hall–Kier alpha value is -3.03. The highest BCUT2D eigenvalue weighted by Crippen LogP contribution is 2.42. The van der Waals surface area contributed by atoms with Crippen LogP contribution in [0.2, 0.25) is 0 Å². The van der Waals surface area contributed by atoms with Crippen molar-refractivity contribution in [3.63, 3.8) is 0 Å². The van der Waals surface area contributed by atoms with E-state index in [1.165, 1.54) is 6.39 Å². The van der Waals surface area contributed by atoms with Crippen molar-refractivity contribution in [1.29, 1.82) is 0 Å². The average molecular weight is 398 g/mol. The maximum atomic E-state index is 13.3. The Bertz CT molecular complexity index is 964. The van der Waals surface area contributed by atoms with Crippen LogP contribution in [0.4, 0.5) is 5.69 Å². The normalized spacial score (nSPS) is 21.3. The molecule has 2 amide bonds. The van der Waals surface area contributed by atoms with Gasteiger partial charge in [-0.05, 0) is 6.07 Å². The first-order valence-electron chi connectivity index (χ1n) is 9.63. The molecule has 8 nitrogen and oxygen atoms in total. The molecule has 1 atom stereocenters. The molecule has 1 fully saturated rings. The average Bonchev–Trinajstić information content (AvgIpc) is 3.35. The molecule has 154 valence electrons. The molecule has 3 heterocycles. The summed E-state index contributed by atoms with van der Waals surface area (Å²) in [6, 6.07) is 3.58. The summed E-state index contributed by atoms with van der Waals surface area (Å²) in [6.07, 6.45) is 3.58. The number of aromatic nitrogens is 1. The number of nitrogens with zero attached hydrogens (tertiary/aromatic N) is 3. The van der Waals surface area contributed by atoms with Gasteiger partial charge in [0.2, 0.25) is 5.91 Å². The number of carbonyl (C=O) groups is 2. The van der Waals surface area contributed by atoms with Crippen molar-refractivity contribution in [2.45, 2.75) is 32.9 Å². The van der Waals surface area contributed by atoms with E-state index < -0.39 is 11.1 Å². The molecule has 1 aromatic heterocycles. The second-order valence-corrected chi connectivity index (χ2v) is 8.71. The van der Waals surface area contributed by atoms with Crippen molar-refractivity contribution in [3.8, 4) is 17.1 Å². The number of anilines is 1. The molecule has 29 heavy (non-hydrogen) atoms. The number of likely N-dealkylation sites (tertiary alicyclic amines) is 1. The van der Waals surface area contributed by atoms with Gasteiger partial charge in [0.15, 0.2) is 12.2 Å². The summed E-state index contributed by atoms with van der Waals surface area (Å²) in [6.45, 7) is 6.78. The fraction of sp³-hybridized carbons (Fsp3) is 0.476. The number of oxazole rings is 1. The van der Waals surface area contributed by atoms with Crippen molar-refractivity contribution in [2.24, 2.45) is 5.41 Å². The number of fused-ring (bicyclic) bond motifs is 1. The summed E-state index contributed by atoms with van der Waals surface area (Å²) in [7, 11) is 3.36. The standard InChI is InChI=1S/C21H26N4O4/c1-20(2,3)19(27)25-7-6-21(11-25)23-15-9-16(28-5)14(17-10-22-12-29-17)8-13(15)18(26)24(21)4/h8-10,12,23H,6-7,11H2,1-5H3.